The molecule has 2 atom stereocenters. The molecule has 1 aromatic heterocycles. The lowest BCUT2D eigenvalue weighted by molar-refractivity contribution is -0.142. The van der Waals surface area contributed by atoms with Gasteiger partial charge in [0.05, 0.1) is 0 Å². The van der Waals surface area contributed by atoms with E-state index in [-0.39, 0.29) is 5.97 Å². The second-order valence-corrected chi connectivity index (χ2v) is 7.03. The van der Waals surface area contributed by atoms with Crippen molar-refractivity contribution in [2.24, 2.45) is 0 Å². The van der Waals surface area contributed by atoms with Crippen molar-refractivity contribution in [3.05, 3.63) is 47.2 Å². The van der Waals surface area contributed by atoms with E-state index in [0.29, 0.717) is 25.0 Å². The molecule has 126 valence electrons. The molecule has 0 amide bonds. The molecule has 4 rings (SSSR count). The lowest BCUT2D eigenvalue weighted by atomic mass is 9.77. The highest BCUT2D eigenvalue weighted by atomic mass is 16.5. The number of hydrogen-bond acceptors (Lipinski definition) is 3. The minimum absolute atomic E-state index is 0.0955. The third-order valence-corrected chi connectivity index (χ3v) is 5.33. The smallest absolute Gasteiger partial charge is 0.306 e. The molecule has 1 N–H and O–H groups in total. The highest BCUT2D eigenvalue weighted by molar-refractivity contribution is 5.88. The molecule has 0 radical (unpaired) electrons. The van der Waals surface area contributed by atoms with Gasteiger partial charge in [-0.15, -0.1) is 0 Å². The van der Waals surface area contributed by atoms with Gasteiger partial charge in [-0.25, -0.2) is 0 Å². The number of carbonyl (C=O) groups is 1. The molecule has 0 saturated carbocycles. The van der Waals surface area contributed by atoms with Gasteiger partial charge in [0.15, 0.2) is 0 Å². The number of rotatable bonds is 4. The van der Waals surface area contributed by atoms with E-state index in [4.69, 9.17) is 4.74 Å². The van der Waals surface area contributed by atoms with Gasteiger partial charge in [-0.2, -0.15) is 0 Å². The molecule has 4 heteroatoms. The van der Waals surface area contributed by atoms with E-state index >= 15 is 0 Å². The number of carbonyl (C=O) groups excluding carboxylic acids is 1. The minimum Gasteiger partial charge on any atom is -0.461 e. The molecule has 24 heavy (non-hydrogen) atoms. The standard InChI is InChI=1S/C20H24N2O2/c1-3-5-19(23)24-12-13-8-16-15-6-4-7-17-20(15)14(10-21-17)9-18(16)22(2)11-13/h4,6-8,10,16,18,21H,3,5,9,11-12H2,1-2H3/t16-,18-/m1/s1. The normalized spacial score (nSPS) is 23.0. The number of hydrogen-bond donors (Lipinski definition) is 1. The number of likely N-dealkylation sites (N-methyl/N-ethyl adjacent to an activating group) is 1. The number of ether oxygens (including phenoxy) is 1. The SMILES string of the molecule is CCCC(=O)OCC1=C[C@@H]2c3cccc4[nH]cc(c34)C[C@H]2N(C)C1. The number of benzene rings is 1. The summed E-state index contributed by atoms with van der Waals surface area (Å²) in [6.07, 6.45) is 6.90. The van der Waals surface area contributed by atoms with Crippen LogP contribution in [0.4, 0.5) is 0 Å². The van der Waals surface area contributed by atoms with Crippen molar-refractivity contribution < 1.29 is 9.53 Å². The van der Waals surface area contributed by atoms with Gasteiger partial charge in [0, 0.05) is 42.0 Å². The highest BCUT2D eigenvalue weighted by Crippen LogP contribution is 2.41. The average Bonchev–Trinajstić information content (AvgIpc) is 2.99. The Balaban J connectivity index is 1.64. The second-order valence-electron chi connectivity index (χ2n) is 7.03. The number of nitrogens with zero attached hydrogens (tertiary/aromatic N) is 1. The van der Waals surface area contributed by atoms with Crippen LogP contribution in [0.1, 0.15) is 36.8 Å². The van der Waals surface area contributed by atoms with E-state index in [1.165, 1.54) is 27.6 Å². The Kier molecular flexibility index (Phi) is 3.93. The summed E-state index contributed by atoms with van der Waals surface area (Å²) in [5, 5.41) is 1.38. The van der Waals surface area contributed by atoms with Crippen LogP contribution < -0.4 is 0 Å². The molecule has 0 saturated heterocycles. The third-order valence-electron chi connectivity index (χ3n) is 5.33. The average molecular weight is 324 g/mol. The summed E-state index contributed by atoms with van der Waals surface area (Å²) in [7, 11) is 2.18. The van der Waals surface area contributed by atoms with Crippen LogP contribution >= 0.6 is 0 Å². The first kappa shape index (κ1) is 15.5. The van der Waals surface area contributed by atoms with Gasteiger partial charge in [0.2, 0.25) is 0 Å². The molecule has 0 fully saturated rings. The summed E-state index contributed by atoms with van der Waals surface area (Å²) in [5.41, 5.74) is 5.24. The molecule has 1 aliphatic heterocycles. The zero-order chi connectivity index (χ0) is 16.7. The molecule has 0 bridgehead atoms. The van der Waals surface area contributed by atoms with Crippen molar-refractivity contribution in [1.82, 2.24) is 9.88 Å². The first-order chi connectivity index (χ1) is 11.7. The Morgan fingerprint density at radius 2 is 2.29 bits per heavy atom. The van der Waals surface area contributed by atoms with Crippen LogP contribution in [-0.2, 0) is 16.0 Å². The van der Waals surface area contributed by atoms with Gasteiger partial charge in [-0.05, 0) is 42.7 Å². The predicted molar refractivity (Wildman–Crippen MR) is 95.1 cm³/mol. The fourth-order valence-corrected chi connectivity index (χ4v) is 4.20. The number of esters is 1. The highest BCUT2D eigenvalue weighted by Gasteiger charge is 2.35. The maximum absolute atomic E-state index is 11.7. The van der Waals surface area contributed by atoms with Gasteiger partial charge in [0.25, 0.3) is 0 Å². The Labute approximate surface area is 142 Å². The van der Waals surface area contributed by atoms with Crippen LogP contribution in [0.25, 0.3) is 10.9 Å². The van der Waals surface area contributed by atoms with Gasteiger partial charge >= 0.3 is 5.97 Å². The van der Waals surface area contributed by atoms with Gasteiger partial charge in [-0.3, -0.25) is 9.69 Å². The largest absolute Gasteiger partial charge is 0.461 e. The van der Waals surface area contributed by atoms with Crippen molar-refractivity contribution in [1.29, 1.82) is 0 Å². The molecule has 2 heterocycles. The summed E-state index contributed by atoms with van der Waals surface area (Å²) in [5.74, 6) is 0.275. The lowest BCUT2D eigenvalue weighted by Gasteiger charge is -2.41. The second kappa shape index (κ2) is 6.10. The van der Waals surface area contributed by atoms with Gasteiger partial charge in [0.1, 0.15) is 6.61 Å². The van der Waals surface area contributed by atoms with Crippen molar-refractivity contribution in [2.45, 2.75) is 38.1 Å². The van der Waals surface area contributed by atoms with Crippen LogP contribution in [0, 0.1) is 0 Å². The zero-order valence-corrected chi connectivity index (χ0v) is 14.3. The quantitative estimate of drug-likeness (QED) is 0.692. The van der Waals surface area contributed by atoms with E-state index in [0.717, 1.165) is 19.4 Å². The maximum Gasteiger partial charge on any atom is 0.306 e. The van der Waals surface area contributed by atoms with Crippen LogP contribution in [0.3, 0.4) is 0 Å². The third kappa shape index (κ3) is 2.55. The van der Waals surface area contributed by atoms with Gasteiger partial charge < -0.3 is 9.72 Å². The molecule has 4 nitrogen and oxygen atoms in total. The van der Waals surface area contributed by atoms with E-state index in [9.17, 15) is 4.79 Å². The zero-order valence-electron chi connectivity index (χ0n) is 14.3. The molecule has 1 aromatic carbocycles. The summed E-state index contributed by atoms with van der Waals surface area (Å²) in [4.78, 5) is 17.5. The van der Waals surface area contributed by atoms with E-state index in [2.05, 4.69) is 47.4 Å². The number of aromatic amines is 1. The number of aromatic nitrogens is 1. The van der Waals surface area contributed by atoms with Crippen LogP contribution in [0.15, 0.2) is 36.0 Å². The molecular weight excluding hydrogens is 300 g/mol. The van der Waals surface area contributed by atoms with E-state index < -0.39 is 0 Å². The van der Waals surface area contributed by atoms with Crippen molar-refractivity contribution in [2.75, 3.05) is 20.2 Å². The summed E-state index contributed by atoms with van der Waals surface area (Å²) >= 11 is 0. The summed E-state index contributed by atoms with van der Waals surface area (Å²) in [6, 6.07) is 7.00. The molecular formula is C20H24N2O2. The van der Waals surface area contributed by atoms with E-state index in [1.54, 1.807) is 0 Å². The fraction of sp³-hybridized carbons (Fsp3) is 0.450. The Hall–Kier alpha value is -2.07. The van der Waals surface area contributed by atoms with Crippen molar-refractivity contribution in [3.8, 4) is 0 Å². The van der Waals surface area contributed by atoms with E-state index in [1.807, 2.05) is 6.92 Å². The van der Waals surface area contributed by atoms with Crippen LogP contribution in [-0.4, -0.2) is 42.1 Å². The molecule has 1 aliphatic carbocycles. The maximum atomic E-state index is 11.7. The van der Waals surface area contributed by atoms with Crippen molar-refractivity contribution in [3.63, 3.8) is 0 Å². The predicted octanol–water partition coefficient (Wildman–Crippen LogP) is 3.39. The van der Waals surface area contributed by atoms with Gasteiger partial charge in [-0.1, -0.05) is 25.1 Å². The topological polar surface area (TPSA) is 45.3 Å². The Morgan fingerprint density at radius 1 is 1.42 bits per heavy atom. The van der Waals surface area contributed by atoms with Crippen molar-refractivity contribution >= 4 is 16.9 Å². The summed E-state index contributed by atoms with van der Waals surface area (Å²) < 4.78 is 5.44. The number of H-pyrrole nitrogens is 1. The lowest BCUT2D eigenvalue weighted by Crippen LogP contribution is -2.44. The summed E-state index contributed by atoms with van der Waals surface area (Å²) in [6.45, 7) is 3.29. The minimum atomic E-state index is -0.0955. The first-order valence-electron chi connectivity index (χ1n) is 8.81. The fourth-order valence-electron chi connectivity index (χ4n) is 4.20. The van der Waals surface area contributed by atoms with Crippen LogP contribution in [0.5, 0.6) is 0 Å². The number of fused-ring (bicyclic) bond motifs is 2. The van der Waals surface area contributed by atoms with Crippen LogP contribution in [0.2, 0.25) is 0 Å². The Bertz CT molecular complexity index is 805. The monoisotopic (exact) mass is 324 g/mol. The Morgan fingerprint density at radius 3 is 3.12 bits per heavy atom. The molecule has 2 aromatic rings. The number of nitrogens with one attached hydrogen (secondary N) is 1. The molecule has 0 unspecified atom stereocenters. The molecule has 0 spiro atoms. The first-order valence-corrected chi connectivity index (χ1v) is 8.81. The molecule has 2 aliphatic rings.